The highest BCUT2D eigenvalue weighted by Gasteiger charge is 2.04. The molecule has 12 heavy (non-hydrogen) atoms. The number of rotatable bonds is 0. The minimum Gasteiger partial charge on any atom is -0.297 e. The molecule has 0 unspecified atom stereocenters. The van der Waals surface area contributed by atoms with Crippen LogP contribution in [0.2, 0.25) is 0 Å². The first-order valence-corrected chi connectivity index (χ1v) is 4.45. The summed E-state index contributed by atoms with van der Waals surface area (Å²) in [5.74, 6) is 0. The fraction of sp³-hybridized carbons (Fsp3) is 0.250. The summed E-state index contributed by atoms with van der Waals surface area (Å²) < 4.78 is 0. The van der Waals surface area contributed by atoms with E-state index in [4.69, 9.17) is 0 Å². The third-order valence-corrected chi connectivity index (χ3v) is 3.10. The zero-order chi connectivity index (χ0) is 8.72. The molecular formula is C8H8N2OS. The van der Waals surface area contributed by atoms with Gasteiger partial charge in [-0.15, -0.1) is 11.3 Å². The van der Waals surface area contributed by atoms with Gasteiger partial charge >= 0.3 is 5.69 Å². The van der Waals surface area contributed by atoms with E-state index in [2.05, 4.69) is 9.97 Å². The quantitative estimate of drug-likeness (QED) is 0.669. The van der Waals surface area contributed by atoms with Crippen molar-refractivity contribution in [3.8, 4) is 0 Å². The maximum absolute atomic E-state index is 10.8. The van der Waals surface area contributed by atoms with Crippen LogP contribution in [0.1, 0.15) is 10.4 Å². The van der Waals surface area contributed by atoms with Crippen LogP contribution in [-0.2, 0) is 0 Å². The number of aromatic amines is 1. The van der Waals surface area contributed by atoms with E-state index in [-0.39, 0.29) is 5.69 Å². The fourth-order valence-electron chi connectivity index (χ4n) is 1.15. The second-order valence-corrected chi connectivity index (χ2v) is 3.94. The molecule has 0 saturated heterocycles. The number of fused-ring (bicyclic) bond motifs is 1. The fourth-order valence-corrected chi connectivity index (χ4v) is 2.17. The first-order chi connectivity index (χ1) is 5.68. The number of hydrogen-bond donors (Lipinski definition) is 1. The molecule has 0 radical (unpaired) electrons. The van der Waals surface area contributed by atoms with Crippen LogP contribution >= 0.6 is 11.3 Å². The molecule has 0 aliphatic carbocycles. The average molecular weight is 180 g/mol. The molecule has 0 aromatic carbocycles. The highest BCUT2D eigenvalue weighted by Crippen LogP contribution is 2.26. The number of nitrogens with zero attached hydrogens (tertiary/aromatic N) is 1. The van der Waals surface area contributed by atoms with Crippen molar-refractivity contribution < 1.29 is 0 Å². The molecule has 0 aliphatic heterocycles. The molecule has 3 nitrogen and oxygen atoms in total. The van der Waals surface area contributed by atoms with Crippen LogP contribution in [0.25, 0.3) is 10.2 Å². The molecule has 0 spiro atoms. The molecule has 0 saturated carbocycles. The van der Waals surface area contributed by atoms with Crippen LogP contribution in [0, 0.1) is 13.8 Å². The van der Waals surface area contributed by atoms with E-state index >= 15 is 0 Å². The summed E-state index contributed by atoms with van der Waals surface area (Å²) in [6.45, 7) is 4.08. The van der Waals surface area contributed by atoms with Gasteiger partial charge < -0.3 is 0 Å². The normalized spacial score (nSPS) is 10.8. The van der Waals surface area contributed by atoms with E-state index in [1.807, 2.05) is 13.8 Å². The van der Waals surface area contributed by atoms with Crippen LogP contribution < -0.4 is 5.69 Å². The summed E-state index contributed by atoms with van der Waals surface area (Å²) >= 11 is 1.60. The molecule has 0 fully saturated rings. The minimum atomic E-state index is -0.274. The lowest BCUT2D eigenvalue weighted by atomic mass is 10.2. The monoisotopic (exact) mass is 180 g/mol. The van der Waals surface area contributed by atoms with Crippen molar-refractivity contribution >= 4 is 21.6 Å². The highest BCUT2D eigenvalue weighted by molar-refractivity contribution is 7.18. The van der Waals surface area contributed by atoms with Gasteiger partial charge in [-0.05, 0) is 19.4 Å². The van der Waals surface area contributed by atoms with Crippen LogP contribution in [0.5, 0.6) is 0 Å². The summed E-state index contributed by atoms with van der Waals surface area (Å²) in [6.07, 6.45) is 1.63. The summed E-state index contributed by atoms with van der Waals surface area (Å²) in [6, 6.07) is 0. The average Bonchev–Trinajstić information content (AvgIpc) is 2.28. The van der Waals surface area contributed by atoms with E-state index in [1.165, 1.54) is 10.4 Å². The molecule has 0 atom stereocenters. The predicted octanol–water partition coefficient (Wildman–Crippen LogP) is 1.60. The maximum atomic E-state index is 10.8. The number of aromatic nitrogens is 2. The van der Waals surface area contributed by atoms with Gasteiger partial charge in [0.2, 0.25) is 0 Å². The van der Waals surface area contributed by atoms with E-state index in [1.54, 1.807) is 17.5 Å². The third-order valence-electron chi connectivity index (χ3n) is 1.96. The van der Waals surface area contributed by atoms with E-state index in [0.717, 1.165) is 10.2 Å². The Bertz CT molecular complexity index is 483. The van der Waals surface area contributed by atoms with Crippen molar-refractivity contribution in [1.82, 2.24) is 9.97 Å². The SMILES string of the molecule is Cc1sc2[nH]c(=O)ncc2c1C. The van der Waals surface area contributed by atoms with Gasteiger partial charge in [0, 0.05) is 16.5 Å². The van der Waals surface area contributed by atoms with Gasteiger partial charge in [0.1, 0.15) is 4.83 Å². The Hall–Kier alpha value is -1.16. The third kappa shape index (κ3) is 0.956. The maximum Gasteiger partial charge on any atom is 0.345 e. The molecule has 2 aromatic heterocycles. The molecular weight excluding hydrogens is 172 g/mol. The minimum absolute atomic E-state index is 0.274. The Morgan fingerprint density at radius 2 is 2.25 bits per heavy atom. The van der Waals surface area contributed by atoms with Gasteiger partial charge in [0.25, 0.3) is 0 Å². The molecule has 1 N–H and O–H groups in total. The zero-order valence-corrected chi connectivity index (χ0v) is 7.66. The van der Waals surface area contributed by atoms with Crippen molar-refractivity contribution in [2.45, 2.75) is 13.8 Å². The Balaban J connectivity index is 2.96. The molecule has 2 heterocycles. The predicted molar refractivity (Wildman–Crippen MR) is 49.7 cm³/mol. The van der Waals surface area contributed by atoms with Crippen molar-refractivity contribution in [3.05, 3.63) is 27.1 Å². The summed E-state index contributed by atoms with van der Waals surface area (Å²) in [7, 11) is 0. The summed E-state index contributed by atoms with van der Waals surface area (Å²) in [5.41, 5.74) is 0.933. The van der Waals surface area contributed by atoms with E-state index in [9.17, 15) is 4.79 Å². The number of nitrogens with one attached hydrogen (secondary N) is 1. The lowest BCUT2D eigenvalue weighted by molar-refractivity contribution is 1.13. The Kier molecular flexibility index (Phi) is 1.51. The first kappa shape index (κ1) is 7.49. The van der Waals surface area contributed by atoms with Gasteiger partial charge in [-0.1, -0.05) is 0 Å². The van der Waals surface area contributed by atoms with Gasteiger partial charge in [-0.3, -0.25) is 4.98 Å². The van der Waals surface area contributed by atoms with Gasteiger partial charge in [-0.2, -0.15) is 0 Å². The van der Waals surface area contributed by atoms with Gasteiger partial charge in [0.05, 0.1) is 0 Å². The summed E-state index contributed by atoms with van der Waals surface area (Å²) in [5, 5.41) is 1.05. The standard InChI is InChI=1S/C8H8N2OS/c1-4-5(2)12-7-6(4)3-9-8(11)10-7/h3H,1-2H3,(H,9,10,11). The van der Waals surface area contributed by atoms with E-state index < -0.39 is 0 Å². The molecule has 62 valence electrons. The van der Waals surface area contributed by atoms with Crippen molar-refractivity contribution in [1.29, 1.82) is 0 Å². The summed E-state index contributed by atoms with van der Waals surface area (Å²) in [4.78, 5) is 19.4. The number of hydrogen-bond acceptors (Lipinski definition) is 3. The van der Waals surface area contributed by atoms with Gasteiger partial charge in [-0.25, -0.2) is 9.78 Å². The molecule has 4 heteroatoms. The number of H-pyrrole nitrogens is 1. The lowest BCUT2D eigenvalue weighted by Crippen LogP contribution is -2.07. The largest absolute Gasteiger partial charge is 0.345 e. The van der Waals surface area contributed by atoms with Crippen molar-refractivity contribution in [2.75, 3.05) is 0 Å². The van der Waals surface area contributed by atoms with Gasteiger partial charge in [0.15, 0.2) is 0 Å². The highest BCUT2D eigenvalue weighted by atomic mass is 32.1. The van der Waals surface area contributed by atoms with E-state index in [0.29, 0.717) is 0 Å². The smallest absolute Gasteiger partial charge is 0.297 e. The van der Waals surface area contributed by atoms with Crippen molar-refractivity contribution in [2.24, 2.45) is 0 Å². The lowest BCUT2D eigenvalue weighted by Gasteiger charge is -1.88. The second-order valence-electron chi connectivity index (χ2n) is 2.71. The number of thiophene rings is 1. The molecule has 2 rings (SSSR count). The molecule has 2 aromatic rings. The Morgan fingerprint density at radius 1 is 1.50 bits per heavy atom. The zero-order valence-electron chi connectivity index (χ0n) is 6.84. The van der Waals surface area contributed by atoms with Crippen LogP contribution in [0.3, 0.4) is 0 Å². The molecule has 0 amide bonds. The first-order valence-electron chi connectivity index (χ1n) is 3.63. The van der Waals surface area contributed by atoms with Crippen LogP contribution in [0.4, 0.5) is 0 Å². The number of aryl methyl sites for hydroxylation is 2. The Labute approximate surface area is 73.1 Å². The van der Waals surface area contributed by atoms with Crippen LogP contribution in [-0.4, -0.2) is 9.97 Å². The Morgan fingerprint density at radius 3 is 3.00 bits per heavy atom. The molecule has 0 bridgehead atoms. The van der Waals surface area contributed by atoms with Crippen molar-refractivity contribution in [3.63, 3.8) is 0 Å². The topological polar surface area (TPSA) is 45.8 Å². The molecule has 0 aliphatic rings. The second kappa shape index (κ2) is 2.42. The van der Waals surface area contributed by atoms with Crippen LogP contribution in [0.15, 0.2) is 11.0 Å².